The van der Waals surface area contributed by atoms with E-state index in [1.165, 1.54) is 18.2 Å². The number of benzene rings is 1. The minimum atomic E-state index is -4.42. The Morgan fingerprint density at radius 2 is 1.63 bits per heavy atom. The predicted octanol–water partition coefficient (Wildman–Crippen LogP) is 3.75. The summed E-state index contributed by atoms with van der Waals surface area (Å²) in [7, 11) is 0. The SMILES string of the molecule is O=C(Nc1ccc(C(F)(F)F)cc1)c1ccc(NCc2ccncc2)nn1. The zero-order chi connectivity index (χ0) is 19.3. The van der Waals surface area contributed by atoms with Gasteiger partial charge in [0.25, 0.3) is 5.91 Å². The summed E-state index contributed by atoms with van der Waals surface area (Å²) in [4.78, 5) is 16.0. The molecule has 6 nitrogen and oxygen atoms in total. The number of halogens is 3. The molecule has 0 radical (unpaired) electrons. The number of amides is 1. The lowest BCUT2D eigenvalue weighted by Crippen LogP contribution is -2.15. The van der Waals surface area contributed by atoms with Gasteiger partial charge in [-0.3, -0.25) is 9.78 Å². The molecule has 0 atom stereocenters. The van der Waals surface area contributed by atoms with Crippen molar-refractivity contribution in [2.75, 3.05) is 10.6 Å². The van der Waals surface area contributed by atoms with E-state index in [9.17, 15) is 18.0 Å². The van der Waals surface area contributed by atoms with Gasteiger partial charge in [0.15, 0.2) is 5.69 Å². The quantitative estimate of drug-likeness (QED) is 0.712. The Labute approximate surface area is 152 Å². The molecule has 0 fully saturated rings. The second-order valence-electron chi connectivity index (χ2n) is 5.54. The Kier molecular flexibility index (Phi) is 5.30. The maximum Gasteiger partial charge on any atom is 0.416 e. The molecule has 3 aromatic rings. The molecule has 1 amide bonds. The highest BCUT2D eigenvalue weighted by Crippen LogP contribution is 2.29. The third-order valence-electron chi connectivity index (χ3n) is 3.59. The van der Waals surface area contributed by atoms with Crippen molar-refractivity contribution in [2.45, 2.75) is 12.7 Å². The maximum atomic E-state index is 12.5. The number of nitrogens with zero attached hydrogens (tertiary/aromatic N) is 3. The standard InChI is InChI=1S/C18H14F3N5O/c19-18(20,21)13-1-3-14(4-2-13)24-17(27)15-5-6-16(26-25-15)23-11-12-7-9-22-10-8-12/h1-10H,11H2,(H,23,26)(H,24,27). The summed E-state index contributed by atoms with van der Waals surface area (Å²) < 4.78 is 37.6. The van der Waals surface area contributed by atoms with Crippen LogP contribution in [0.15, 0.2) is 60.9 Å². The summed E-state index contributed by atoms with van der Waals surface area (Å²) in [6.45, 7) is 0.522. The highest BCUT2D eigenvalue weighted by Gasteiger charge is 2.30. The average Bonchev–Trinajstić information content (AvgIpc) is 2.67. The Balaban J connectivity index is 1.58. The first-order chi connectivity index (χ1) is 12.9. The van der Waals surface area contributed by atoms with E-state index in [4.69, 9.17) is 0 Å². The number of hydrogen-bond acceptors (Lipinski definition) is 5. The van der Waals surface area contributed by atoms with Gasteiger partial charge in [0.2, 0.25) is 0 Å². The fourth-order valence-corrected chi connectivity index (χ4v) is 2.18. The van der Waals surface area contributed by atoms with Crippen molar-refractivity contribution >= 4 is 17.4 Å². The van der Waals surface area contributed by atoms with Crippen LogP contribution in [0.4, 0.5) is 24.7 Å². The summed E-state index contributed by atoms with van der Waals surface area (Å²) in [5.41, 5.74) is 0.500. The van der Waals surface area contributed by atoms with E-state index < -0.39 is 17.6 Å². The van der Waals surface area contributed by atoms with Crippen LogP contribution in [-0.2, 0) is 12.7 Å². The van der Waals surface area contributed by atoms with Gasteiger partial charge in [-0.05, 0) is 54.1 Å². The normalized spacial score (nSPS) is 11.1. The van der Waals surface area contributed by atoms with Gasteiger partial charge in [-0.25, -0.2) is 0 Å². The van der Waals surface area contributed by atoms with E-state index in [2.05, 4.69) is 25.8 Å². The fourth-order valence-electron chi connectivity index (χ4n) is 2.18. The van der Waals surface area contributed by atoms with Crippen LogP contribution < -0.4 is 10.6 Å². The third-order valence-corrected chi connectivity index (χ3v) is 3.59. The molecule has 0 unspecified atom stereocenters. The molecule has 3 rings (SSSR count). The van der Waals surface area contributed by atoms with Crippen molar-refractivity contribution in [2.24, 2.45) is 0 Å². The number of carbonyl (C=O) groups is 1. The first-order valence-electron chi connectivity index (χ1n) is 7.87. The van der Waals surface area contributed by atoms with Crippen molar-refractivity contribution in [3.63, 3.8) is 0 Å². The molecule has 0 saturated heterocycles. The number of carbonyl (C=O) groups excluding carboxylic acids is 1. The largest absolute Gasteiger partial charge is 0.416 e. The van der Waals surface area contributed by atoms with Gasteiger partial charge in [-0.1, -0.05) is 0 Å². The molecule has 138 valence electrons. The van der Waals surface area contributed by atoms with Crippen LogP contribution in [0, 0.1) is 0 Å². The number of alkyl halides is 3. The molecule has 0 spiro atoms. The minimum absolute atomic E-state index is 0.0457. The van der Waals surface area contributed by atoms with Crippen molar-refractivity contribution in [3.05, 3.63) is 77.7 Å². The molecule has 9 heteroatoms. The highest BCUT2D eigenvalue weighted by atomic mass is 19.4. The summed E-state index contributed by atoms with van der Waals surface area (Å²) in [6, 6.07) is 10.9. The van der Waals surface area contributed by atoms with E-state index in [-0.39, 0.29) is 11.4 Å². The average molecular weight is 373 g/mol. The van der Waals surface area contributed by atoms with Crippen LogP contribution in [-0.4, -0.2) is 21.1 Å². The van der Waals surface area contributed by atoms with Crippen LogP contribution in [0.25, 0.3) is 0 Å². The highest BCUT2D eigenvalue weighted by molar-refractivity contribution is 6.02. The van der Waals surface area contributed by atoms with Crippen molar-refractivity contribution in [3.8, 4) is 0 Å². The lowest BCUT2D eigenvalue weighted by atomic mass is 10.2. The summed E-state index contributed by atoms with van der Waals surface area (Å²) in [5, 5.41) is 13.3. The van der Waals surface area contributed by atoms with E-state index in [0.717, 1.165) is 17.7 Å². The molecule has 2 aromatic heterocycles. The van der Waals surface area contributed by atoms with Crippen LogP contribution in [0.3, 0.4) is 0 Å². The number of nitrogens with one attached hydrogen (secondary N) is 2. The third kappa shape index (κ3) is 5.00. The van der Waals surface area contributed by atoms with E-state index in [0.29, 0.717) is 12.4 Å². The predicted molar refractivity (Wildman–Crippen MR) is 93.0 cm³/mol. The van der Waals surface area contributed by atoms with Gasteiger partial charge in [-0.2, -0.15) is 13.2 Å². The molecular weight excluding hydrogens is 359 g/mol. The van der Waals surface area contributed by atoms with Gasteiger partial charge < -0.3 is 10.6 Å². The number of aromatic nitrogens is 3. The Bertz CT molecular complexity index is 897. The fraction of sp³-hybridized carbons (Fsp3) is 0.111. The molecule has 0 saturated carbocycles. The molecule has 1 aromatic carbocycles. The zero-order valence-corrected chi connectivity index (χ0v) is 13.9. The second kappa shape index (κ2) is 7.81. The molecular formula is C18H14F3N5O. The van der Waals surface area contributed by atoms with Gasteiger partial charge in [0.05, 0.1) is 5.56 Å². The maximum absolute atomic E-state index is 12.5. The molecule has 2 N–H and O–H groups in total. The molecule has 0 aliphatic rings. The van der Waals surface area contributed by atoms with Gasteiger partial charge in [0, 0.05) is 24.6 Å². The van der Waals surface area contributed by atoms with Gasteiger partial charge in [-0.15, -0.1) is 10.2 Å². The Morgan fingerprint density at radius 1 is 0.926 bits per heavy atom. The summed E-state index contributed by atoms with van der Waals surface area (Å²) in [5.74, 6) is -0.0826. The summed E-state index contributed by atoms with van der Waals surface area (Å²) in [6.07, 6.45) is -1.07. The van der Waals surface area contributed by atoms with Crippen LogP contribution in [0.2, 0.25) is 0 Å². The van der Waals surface area contributed by atoms with Gasteiger partial charge >= 0.3 is 6.18 Å². The number of rotatable bonds is 5. The smallest absolute Gasteiger partial charge is 0.365 e. The monoisotopic (exact) mass is 373 g/mol. The van der Waals surface area contributed by atoms with E-state index in [1.807, 2.05) is 12.1 Å². The minimum Gasteiger partial charge on any atom is -0.365 e. The number of pyridine rings is 1. The van der Waals surface area contributed by atoms with Crippen LogP contribution >= 0.6 is 0 Å². The second-order valence-corrected chi connectivity index (χ2v) is 5.54. The molecule has 0 aliphatic heterocycles. The van der Waals surface area contributed by atoms with Crippen LogP contribution in [0.1, 0.15) is 21.6 Å². The van der Waals surface area contributed by atoms with Crippen molar-refractivity contribution in [1.29, 1.82) is 0 Å². The molecule has 2 heterocycles. The molecule has 27 heavy (non-hydrogen) atoms. The van der Waals surface area contributed by atoms with E-state index >= 15 is 0 Å². The van der Waals surface area contributed by atoms with Crippen LogP contribution in [0.5, 0.6) is 0 Å². The molecule has 0 aliphatic carbocycles. The van der Waals surface area contributed by atoms with Crippen molar-refractivity contribution < 1.29 is 18.0 Å². The van der Waals surface area contributed by atoms with Gasteiger partial charge in [0.1, 0.15) is 5.82 Å². The first kappa shape index (κ1) is 18.3. The summed E-state index contributed by atoms with van der Waals surface area (Å²) >= 11 is 0. The lowest BCUT2D eigenvalue weighted by molar-refractivity contribution is -0.137. The van der Waals surface area contributed by atoms with Crippen molar-refractivity contribution in [1.82, 2.24) is 15.2 Å². The first-order valence-corrected chi connectivity index (χ1v) is 7.87. The zero-order valence-electron chi connectivity index (χ0n) is 13.9. The number of anilines is 2. The van der Waals surface area contributed by atoms with E-state index in [1.54, 1.807) is 18.5 Å². The molecule has 0 bridgehead atoms. The Morgan fingerprint density at radius 3 is 2.22 bits per heavy atom. The Hall–Kier alpha value is -3.49. The topological polar surface area (TPSA) is 79.8 Å². The lowest BCUT2D eigenvalue weighted by Gasteiger charge is -2.09. The number of hydrogen-bond donors (Lipinski definition) is 2.